The molecule has 0 saturated carbocycles. The Balaban J connectivity index is 1.98. The Morgan fingerprint density at radius 2 is 2.23 bits per heavy atom. The maximum Gasteiger partial charge on any atom is 0.348 e. The molecule has 0 bridgehead atoms. The van der Waals surface area contributed by atoms with Crippen LogP contribution in [-0.4, -0.2) is 27.2 Å². The molecule has 6 nitrogen and oxygen atoms in total. The highest BCUT2D eigenvalue weighted by Crippen LogP contribution is 2.27. The number of hydrogen-bond acceptors (Lipinski definition) is 6. The number of nitrogens with zero attached hydrogens (tertiary/aromatic N) is 2. The molecule has 0 unspecified atom stereocenters. The Kier molecular flexibility index (Phi) is 5.15. The van der Waals surface area contributed by atoms with E-state index in [1.165, 1.54) is 29.1 Å². The van der Waals surface area contributed by atoms with Gasteiger partial charge in [0.2, 0.25) is 0 Å². The van der Waals surface area contributed by atoms with Crippen molar-refractivity contribution in [1.82, 2.24) is 9.55 Å². The lowest BCUT2D eigenvalue weighted by Crippen LogP contribution is -2.23. The van der Waals surface area contributed by atoms with Crippen LogP contribution in [0.25, 0.3) is 10.2 Å². The second-order valence-corrected chi connectivity index (χ2v) is 6.73. The number of hydrogen-bond donors (Lipinski definition) is 1. The molecule has 2 heterocycles. The van der Waals surface area contributed by atoms with Crippen LogP contribution in [0.2, 0.25) is 0 Å². The fourth-order valence-corrected chi connectivity index (χ4v) is 3.72. The lowest BCUT2D eigenvalue weighted by Gasteiger charge is -2.13. The van der Waals surface area contributed by atoms with E-state index in [4.69, 9.17) is 4.74 Å². The van der Waals surface area contributed by atoms with Crippen molar-refractivity contribution in [3.05, 3.63) is 62.8 Å². The minimum atomic E-state index is -1.06. The zero-order valence-corrected chi connectivity index (χ0v) is 15.0. The third-order valence-electron chi connectivity index (χ3n) is 3.98. The first-order chi connectivity index (χ1) is 12.4. The van der Waals surface area contributed by atoms with Gasteiger partial charge in [-0.2, -0.15) is 0 Å². The molecule has 26 heavy (non-hydrogen) atoms. The van der Waals surface area contributed by atoms with Gasteiger partial charge in [-0.3, -0.25) is 9.36 Å². The summed E-state index contributed by atoms with van der Waals surface area (Å²) in [7, 11) is 0. The normalized spacial score (nSPS) is 12.3. The molecule has 3 rings (SSSR count). The molecular weight excluding hydrogens is 359 g/mol. The van der Waals surface area contributed by atoms with Crippen LogP contribution in [-0.2, 0) is 11.3 Å². The number of aromatic nitrogens is 2. The van der Waals surface area contributed by atoms with Crippen LogP contribution in [0.4, 0.5) is 4.39 Å². The Morgan fingerprint density at radius 1 is 1.46 bits per heavy atom. The Labute approximate surface area is 152 Å². The molecule has 0 fully saturated rings. The molecule has 0 amide bonds. The van der Waals surface area contributed by atoms with Gasteiger partial charge < -0.3 is 9.84 Å². The van der Waals surface area contributed by atoms with Gasteiger partial charge in [0.05, 0.1) is 31.0 Å². The molecule has 0 saturated heterocycles. The van der Waals surface area contributed by atoms with Crippen LogP contribution >= 0.6 is 11.3 Å². The third kappa shape index (κ3) is 3.38. The first-order valence-electron chi connectivity index (χ1n) is 8.01. The van der Waals surface area contributed by atoms with Gasteiger partial charge in [0.25, 0.3) is 5.56 Å². The quantitative estimate of drug-likeness (QED) is 0.693. The van der Waals surface area contributed by atoms with Crippen molar-refractivity contribution in [2.45, 2.75) is 26.5 Å². The number of rotatable bonds is 5. The molecule has 0 aliphatic heterocycles. The molecule has 1 aromatic carbocycles. The predicted octanol–water partition coefficient (Wildman–Crippen LogP) is 2.82. The summed E-state index contributed by atoms with van der Waals surface area (Å²) in [6.07, 6.45) is 0.254. The maximum absolute atomic E-state index is 13.3. The van der Waals surface area contributed by atoms with Gasteiger partial charge in [-0.1, -0.05) is 12.1 Å². The lowest BCUT2D eigenvalue weighted by molar-refractivity contribution is 0.0531. The van der Waals surface area contributed by atoms with E-state index < -0.39 is 17.9 Å². The summed E-state index contributed by atoms with van der Waals surface area (Å²) in [6, 6.07) is 5.57. The van der Waals surface area contributed by atoms with Crippen LogP contribution in [0, 0.1) is 12.7 Å². The van der Waals surface area contributed by atoms with Crippen molar-refractivity contribution in [2.75, 3.05) is 6.61 Å². The van der Waals surface area contributed by atoms with E-state index in [1.54, 1.807) is 19.9 Å². The Morgan fingerprint density at radius 3 is 2.92 bits per heavy atom. The second-order valence-electron chi connectivity index (χ2n) is 5.73. The van der Waals surface area contributed by atoms with Gasteiger partial charge in [-0.05, 0) is 37.1 Å². The average molecular weight is 376 g/mol. The summed E-state index contributed by atoms with van der Waals surface area (Å²) in [5.41, 5.74) is 0.511. The van der Waals surface area contributed by atoms with Crippen LogP contribution in [0.15, 0.2) is 35.4 Å². The van der Waals surface area contributed by atoms with E-state index in [-0.39, 0.29) is 18.7 Å². The molecule has 2 aromatic heterocycles. The lowest BCUT2D eigenvalue weighted by atomic mass is 10.1. The first-order valence-corrected chi connectivity index (χ1v) is 8.83. The highest BCUT2D eigenvalue weighted by atomic mass is 32.1. The number of thiophene rings is 1. The molecule has 1 N–H and O–H groups in total. The summed E-state index contributed by atoms with van der Waals surface area (Å²) in [5.74, 6) is -0.950. The Bertz CT molecular complexity index is 1030. The average Bonchev–Trinajstić information content (AvgIpc) is 2.95. The minimum absolute atomic E-state index is 0.0742. The van der Waals surface area contributed by atoms with Gasteiger partial charge in [0.15, 0.2) is 0 Å². The van der Waals surface area contributed by atoms with Crippen molar-refractivity contribution in [1.29, 1.82) is 0 Å². The number of carbonyl (C=O) groups is 1. The number of carbonyl (C=O) groups excluding carboxylic acids is 1. The van der Waals surface area contributed by atoms with Crippen LogP contribution in [0.1, 0.15) is 33.8 Å². The maximum atomic E-state index is 13.3. The molecule has 136 valence electrons. The Hall–Kier alpha value is -2.58. The van der Waals surface area contributed by atoms with Gasteiger partial charge in [0, 0.05) is 0 Å². The van der Waals surface area contributed by atoms with E-state index in [0.29, 0.717) is 26.2 Å². The highest BCUT2D eigenvalue weighted by Gasteiger charge is 2.21. The summed E-state index contributed by atoms with van der Waals surface area (Å²) in [4.78, 5) is 29.8. The van der Waals surface area contributed by atoms with Crippen molar-refractivity contribution in [3.8, 4) is 0 Å². The molecule has 0 aliphatic rings. The van der Waals surface area contributed by atoms with Gasteiger partial charge in [-0.25, -0.2) is 14.2 Å². The molecule has 0 spiro atoms. The second kappa shape index (κ2) is 7.35. The molecule has 0 aliphatic carbocycles. The van der Waals surface area contributed by atoms with Gasteiger partial charge in [0.1, 0.15) is 15.5 Å². The number of aryl methyl sites for hydroxylation is 1. The standard InChI is InChI=1S/C18H17FN2O4S/c1-3-25-18(24)15-10(2)14-16(26-15)20-9-21(17(14)23)8-13(22)11-5-4-6-12(19)7-11/h4-7,9,13,22H,3,8H2,1-2H3/t13-/m0/s1. The topological polar surface area (TPSA) is 81.4 Å². The number of fused-ring (bicyclic) bond motifs is 1. The number of benzene rings is 1. The number of ether oxygens (including phenoxy) is 1. The van der Waals surface area contributed by atoms with Crippen LogP contribution < -0.4 is 5.56 Å². The summed E-state index contributed by atoms with van der Waals surface area (Å²) >= 11 is 1.10. The molecule has 0 radical (unpaired) electrons. The summed E-state index contributed by atoms with van der Waals surface area (Å²) in [6.45, 7) is 3.54. The SMILES string of the molecule is CCOC(=O)c1sc2ncn(C[C@H](O)c3cccc(F)c3)c(=O)c2c1C. The zero-order valence-electron chi connectivity index (χ0n) is 14.2. The molecule has 3 aromatic rings. The first kappa shape index (κ1) is 18.2. The number of halogens is 1. The third-order valence-corrected chi connectivity index (χ3v) is 5.16. The van der Waals surface area contributed by atoms with Crippen molar-refractivity contribution < 1.29 is 19.0 Å². The predicted molar refractivity (Wildman–Crippen MR) is 95.9 cm³/mol. The van der Waals surface area contributed by atoms with E-state index in [9.17, 15) is 19.1 Å². The fraction of sp³-hybridized carbons (Fsp3) is 0.278. The van der Waals surface area contributed by atoms with E-state index >= 15 is 0 Å². The number of esters is 1. The number of aliphatic hydroxyl groups is 1. The van der Waals surface area contributed by atoms with Gasteiger partial charge in [-0.15, -0.1) is 11.3 Å². The summed E-state index contributed by atoms with van der Waals surface area (Å²) in [5, 5.41) is 10.6. The van der Waals surface area contributed by atoms with Crippen molar-refractivity contribution in [3.63, 3.8) is 0 Å². The number of aliphatic hydroxyl groups excluding tert-OH is 1. The van der Waals surface area contributed by atoms with Crippen molar-refractivity contribution >= 4 is 27.5 Å². The smallest absolute Gasteiger partial charge is 0.348 e. The zero-order chi connectivity index (χ0) is 18.8. The van der Waals surface area contributed by atoms with E-state index in [0.717, 1.165) is 11.3 Å². The largest absolute Gasteiger partial charge is 0.462 e. The molecular formula is C18H17FN2O4S. The monoisotopic (exact) mass is 376 g/mol. The molecule has 8 heteroatoms. The van der Waals surface area contributed by atoms with E-state index in [1.807, 2.05) is 0 Å². The van der Waals surface area contributed by atoms with E-state index in [2.05, 4.69) is 4.98 Å². The molecule has 1 atom stereocenters. The van der Waals surface area contributed by atoms with Crippen molar-refractivity contribution in [2.24, 2.45) is 0 Å². The fourth-order valence-electron chi connectivity index (χ4n) is 2.69. The van der Waals surface area contributed by atoms with Crippen LogP contribution in [0.5, 0.6) is 0 Å². The summed E-state index contributed by atoms with van der Waals surface area (Å²) < 4.78 is 19.6. The minimum Gasteiger partial charge on any atom is -0.462 e. The highest BCUT2D eigenvalue weighted by molar-refractivity contribution is 7.20. The van der Waals surface area contributed by atoms with Crippen LogP contribution in [0.3, 0.4) is 0 Å². The van der Waals surface area contributed by atoms with Gasteiger partial charge >= 0.3 is 5.97 Å².